The average molecular weight is 209 g/mol. The van der Waals surface area contributed by atoms with Gasteiger partial charge < -0.3 is 15.6 Å². The second-order valence-electron chi connectivity index (χ2n) is 3.71. The lowest BCUT2D eigenvalue weighted by molar-refractivity contribution is 0.122. The van der Waals surface area contributed by atoms with Gasteiger partial charge in [0.15, 0.2) is 0 Å². The summed E-state index contributed by atoms with van der Waals surface area (Å²) in [4.78, 5) is 0. The summed E-state index contributed by atoms with van der Waals surface area (Å²) in [5.41, 5.74) is 6.96. The van der Waals surface area contributed by atoms with E-state index in [1.54, 1.807) is 6.92 Å². The molecule has 15 heavy (non-hydrogen) atoms. The van der Waals surface area contributed by atoms with Gasteiger partial charge in [-0.3, -0.25) is 0 Å². The van der Waals surface area contributed by atoms with Gasteiger partial charge in [-0.05, 0) is 19.4 Å². The van der Waals surface area contributed by atoms with Crippen molar-refractivity contribution in [1.82, 2.24) is 0 Å². The molecule has 0 heterocycles. The zero-order valence-corrected chi connectivity index (χ0v) is 9.31. The van der Waals surface area contributed by atoms with E-state index in [-0.39, 0.29) is 6.04 Å². The lowest BCUT2D eigenvalue weighted by Gasteiger charge is -2.16. The Hall–Kier alpha value is -1.06. The van der Waals surface area contributed by atoms with Crippen molar-refractivity contribution >= 4 is 0 Å². The van der Waals surface area contributed by atoms with Gasteiger partial charge in [-0.15, -0.1) is 0 Å². The summed E-state index contributed by atoms with van der Waals surface area (Å²) in [5.74, 6) is 0.771. The molecular formula is C12H19NO2. The molecule has 1 aromatic rings. The molecule has 3 nitrogen and oxygen atoms in total. The van der Waals surface area contributed by atoms with Gasteiger partial charge in [0, 0.05) is 11.6 Å². The monoisotopic (exact) mass is 209 g/mol. The van der Waals surface area contributed by atoms with Gasteiger partial charge in [-0.2, -0.15) is 0 Å². The van der Waals surface area contributed by atoms with E-state index in [0.717, 1.165) is 17.7 Å². The first kappa shape index (κ1) is 12.0. The van der Waals surface area contributed by atoms with Gasteiger partial charge in [0.2, 0.25) is 0 Å². The maximum absolute atomic E-state index is 9.14. The molecule has 0 radical (unpaired) electrons. The fraction of sp³-hybridized carbons (Fsp3) is 0.500. The van der Waals surface area contributed by atoms with E-state index in [2.05, 4.69) is 0 Å². The summed E-state index contributed by atoms with van der Waals surface area (Å²) in [6.07, 6.45) is 0.408. The van der Waals surface area contributed by atoms with Crippen molar-refractivity contribution in [3.05, 3.63) is 29.8 Å². The van der Waals surface area contributed by atoms with Crippen LogP contribution in [0.15, 0.2) is 24.3 Å². The Kier molecular flexibility index (Phi) is 4.59. The smallest absolute Gasteiger partial charge is 0.124 e. The number of benzene rings is 1. The molecule has 0 saturated heterocycles. The van der Waals surface area contributed by atoms with Gasteiger partial charge in [0.1, 0.15) is 12.4 Å². The van der Waals surface area contributed by atoms with Gasteiger partial charge in [-0.1, -0.05) is 25.1 Å². The molecule has 0 aliphatic carbocycles. The molecule has 0 aromatic heterocycles. The molecule has 0 fully saturated rings. The summed E-state index contributed by atoms with van der Waals surface area (Å²) in [6, 6.07) is 7.69. The molecule has 0 aliphatic rings. The normalized spacial score (nSPS) is 14.7. The predicted octanol–water partition coefficient (Wildman–Crippen LogP) is 1.86. The molecule has 0 saturated carbocycles. The third-order valence-corrected chi connectivity index (χ3v) is 2.24. The van der Waals surface area contributed by atoms with E-state index < -0.39 is 6.10 Å². The van der Waals surface area contributed by atoms with E-state index >= 15 is 0 Å². The molecule has 1 rings (SSSR count). The van der Waals surface area contributed by atoms with Crippen LogP contribution in [0.4, 0.5) is 0 Å². The Morgan fingerprint density at radius 1 is 1.40 bits per heavy atom. The molecule has 0 spiro atoms. The van der Waals surface area contributed by atoms with Crippen LogP contribution in [0.3, 0.4) is 0 Å². The SMILES string of the molecule is CC[C@@H](N)c1ccccc1OCC(C)O. The fourth-order valence-corrected chi connectivity index (χ4v) is 1.35. The number of hydrogen-bond donors (Lipinski definition) is 2. The van der Waals surface area contributed by atoms with Crippen LogP contribution in [0.1, 0.15) is 31.9 Å². The van der Waals surface area contributed by atoms with E-state index in [1.165, 1.54) is 0 Å². The highest BCUT2D eigenvalue weighted by molar-refractivity contribution is 5.35. The van der Waals surface area contributed by atoms with Crippen LogP contribution in [0, 0.1) is 0 Å². The van der Waals surface area contributed by atoms with Crippen LogP contribution in [-0.4, -0.2) is 17.8 Å². The Labute approximate surface area is 90.9 Å². The van der Waals surface area contributed by atoms with Gasteiger partial charge in [-0.25, -0.2) is 0 Å². The van der Waals surface area contributed by atoms with Crippen molar-refractivity contribution in [1.29, 1.82) is 0 Å². The lowest BCUT2D eigenvalue weighted by Crippen LogP contribution is -2.16. The molecule has 3 heteroatoms. The molecule has 84 valence electrons. The van der Waals surface area contributed by atoms with Crippen LogP contribution in [0.25, 0.3) is 0 Å². The van der Waals surface area contributed by atoms with Crippen LogP contribution in [0.2, 0.25) is 0 Å². The van der Waals surface area contributed by atoms with Gasteiger partial charge in [0.05, 0.1) is 6.10 Å². The minimum absolute atomic E-state index is 0.00445. The first-order chi connectivity index (χ1) is 7.15. The third-order valence-electron chi connectivity index (χ3n) is 2.24. The number of rotatable bonds is 5. The number of aliphatic hydroxyl groups is 1. The second-order valence-corrected chi connectivity index (χ2v) is 3.71. The summed E-state index contributed by atoms with van der Waals surface area (Å²) < 4.78 is 5.49. The summed E-state index contributed by atoms with van der Waals surface area (Å²) >= 11 is 0. The topological polar surface area (TPSA) is 55.5 Å². The summed E-state index contributed by atoms with van der Waals surface area (Å²) in [6.45, 7) is 4.03. The highest BCUT2D eigenvalue weighted by Gasteiger charge is 2.10. The maximum atomic E-state index is 9.14. The van der Waals surface area contributed by atoms with Crippen molar-refractivity contribution < 1.29 is 9.84 Å². The van der Waals surface area contributed by atoms with E-state index in [1.807, 2.05) is 31.2 Å². The van der Waals surface area contributed by atoms with Gasteiger partial charge >= 0.3 is 0 Å². The molecule has 0 amide bonds. The predicted molar refractivity (Wildman–Crippen MR) is 60.8 cm³/mol. The molecule has 0 aliphatic heterocycles. The Balaban J connectivity index is 2.77. The number of ether oxygens (including phenoxy) is 1. The summed E-state index contributed by atoms with van der Waals surface area (Å²) in [5, 5.41) is 9.14. The minimum atomic E-state index is -0.462. The molecule has 0 bridgehead atoms. The van der Waals surface area contributed by atoms with Crippen molar-refractivity contribution in [2.45, 2.75) is 32.4 Å². The van der Waals surface area contributed by atoms with Crippen molar-refractivity contribution in [3.8, 4) is 5.75 Å². The number of aliphatic hydroxyl groups excluding tert-OH is 1. The number of hydrogen-bond acceptors (Lipinski definition) is 3. The summed E-state index contributed by atoms with van der Waals surface area (Å²) in [7, 11) is 0. The Bertz CT molecular complexity index is 299. The Morgan fingerprint density at radius 2 is 2.07 bits per heavy atom. The van der Waals surface area contributed by atoms with E-state index in [9.17, 15) is 0 Å². The quantitative estimate of drug-likeness (QED) is 0.778. The molecular weight excluding hydrogens is 190 g/mol. The van der Waals surface area contributed by atoms with Gasteiger partial charge in [0.25, 0.3) is 0 Å². The van der Waals surface area contributed by atoms with Crippen molar-refractivity contribution in [3.63, 3.8) is 0 Å². The first-order valence-corrected chi connectivity index (χ1v) is 5.30. The average Bonchev–Trinajstić information content (AvgIpc) is 2.25. The van der Waals surface area contributed by atoms with E-state index in [0.29, 0.717) is 6.61 Å². The molecule has 1 unspecified atom stereocenters. The third kappa shape index (κ3) is 3.53. The maximum Gasteiger partial charge on any atom is 0.124 e. The first-order valence-electron chi connectivity index (χ1n) is 5.30. The van der Waals surface area contributed by atoms with Crippen LogP contribution >= 0.6 is 0 Å². The van der Waals surface area contributed by atoms with Crippen LogP contribution < -0.4 is 10.5 Å². The number of nitrogens with two attached hydrogens (primary N) is 1. The fourth-order valence-electron chi connectivity index (χ4n) is 1.35. The highest BCUT2D eigenvalue weighted by atomic mass is 16.5. The number of para-hydroxylation sites is 1. The molecule has 2 atom stereocenters. The van der Waals surface area contributed by atoms with E-state index in [4.69, 9.17) is 15.6 Å². The van der Waals surface area contributed by atoms with Crippen molar-refractivity contribution in [2.24, 2.45) is 5.73 Å². The van der Waals surface area contributed by atoms with Crippen molar-refractivity contribution in [2.75, 3.05) is 6.61 Å². The lowest BCUT2D eigenvalue weighted by atomic mass is 10.0. The van der Waals surface area contributed by atoms with Crippen LogP contribution in [-0.2, 0) is 0 Å². The Morgan fingerprint density at radius 3 is 2.67 bits per heavy atom. The standard InChI is InChI=1S/C12H19NO2/c1-3-11(13)10-6-4-5-7-12(10)15-8-9(2)14/h4-7,9,11,14H,3,8,13H2,1-2H3/t9?,11-/m1/s1. The minimum Gasteiger partial charge on any atom is -0.491 e. The second kappa shape index (κ2) is 5.73. The van der Waals surface area contributed by atoms with Crippen LogP contribution in [0.5, 0.6) is 5.75 Å². The zero-order valence-electron chi connectivity index (χ0n) is 9.31. The zero-order chi connectivity index (χ0) is 11.3. The largest absolute Gasteiger partial charge is 0.491 e. The highest BCUT2D eigenvalue weighted by Crippen LogP contribution is 2.25. The molecule has 1 aromatic carbocycles. The molecule has 3 N–H and O–H groups in total.